The molecule has 0 radical (unpaired) electrons. The van der Waals surface area contributed by atoms with Crippen molar-refractivity contribution in [2.45, 2.75) is 271 Å². The fraction of sp³-hybridized carbons (Fsp3) is 1.00. The van der Waals surface area contributed by atoms with E-state index in [0.717, 1.165) is 26.4 Å². The monoisotopic (exact) mass is 723 g/mol. The number of ether oxygens (including phenoxy) is 3. The molecule has 0 rings (SSSR count). The molecular weight excluding hydrogens is 625 g/mol. The zero-order valence-electron chi connectivity index (χ0n) is 35.8. The summed E-state index contributed by atoms with van der Waals surface area (Å²) in [6, 6.07) is 0. The standard InChI is InChI=1S/C48H98O3/c1-3-5-7-9-11-13-15-17-19-21-23-25-27-29-31-33-35-37-39-41-43-49-45-47-51-48-46-50-44-42-40-38-36-34-32-30-28-26-24-22-20-18-16-14-12-10-8-6-4-2/h3-48H2,1-2H3. The molecule has 0 aliphatic heterocycles. The van der Waals surface area contributed by atoms with Crippen molar-refractivity contribution in [3.8, 4) is 0 Å². The molecule has 3 nitrogen and oxygen atoms in total. The molecule has 0 spiro atoms. The number of hydrogen-bond acceptors (Lipinski definition) is 3. The van der Waals surface area contributed by atoms with Gasteiger partial charge in [0.25, 0.3) is 0 Å². The molecule has 0 aromatic heterocycles. The number of hydrogen-bond donors (Lipinski definition) is 0. The maximum atomic E-state index is 5.76. The molecule has 51 heavy (non-hydrogen) atoms. The molecule has 0 amide bonds. The maximum absolute atomic E-state index is 5.76. The normalized spacial score (nSPS) is 11.6. The van der Waals surface area contributed by atoms with E-state index in [1.54, 1.807) is 0 Å². The van der Waals surface area contributed by atoms with Crippen molar-refractivity contribution in [1.29, 1.82) is 0 Å². The Hall–Kier alpha value is -0.120. The number of unbranched alkanes of at least 4 members (excludes halogenated alkanes) is 38. The lowest BCUT2D eigenvalue weighted by Gasteiger charge is -2.07. The lowest BCUT2D eigenvalue weighted by Crippen LogP contribution is -2.10. The SMILES string of the molecule is CCCCCCCCCCCCCCCCCCCCCCOCCOCCOCCCCCCCCCCCCCCCCCCCCCC. The average Bonchev–Trinajstić information content (AvgIpc) is 3.14. The molecule has 0 saturated carbocycles. The second kappa shape index (κ2) is 49.9. The van der Waals surface area contributed by atoms with Gasteiger partial charge in [-0.2, -0.15) is 0 Å². The minimum absolute atomic E-state index is 0.696. The molecule has 0 saturated heterocycles. The second-order valence-corrected chi connectivity index (χ2v) is 16.3. The minimum Gasteiger partial charge on any atom is -0.379 e. The highest BCUT2D eigenvalue weighted by molar-refractivity contribution is 4.53. The third-order valence-electron chi connectivity index (χ3n) is 11.0. The van der Waals surface area contributed by atoms with Crippen LogP contribution < -0.4 is 0 Å². The predicted octanol–water partition coefficient (Wildman–Crippen LogP) is 16.7. The summed E-state index contributed by atoms with van der Waals surface area (Å²) in [5.74, 6) is 0. The molecule has 0 heterocycles. The van der Waals surface area contributed by atoms with Gasteiger partial charge in [0.15, 0.2) is 0 Å². The van der Waals surface area contributed by atoms with Crippen molar-refractivity contribution in [3.63, 3.8) is 0 Å². The molecular formula is C48H98O3. The van der Waals surface area contributed by atoms with E-state index >= 15 is 0 Å². The van der Waals surface area contributed by atoms with Gasteiger partial charge in [-0.1, -0.05) is 258 Å². The lowest BCUT2D eigenvalue weighted by molar-refractivity contribution is 0.0132. The van der Waals surface area contributed by atoms with Crippen LogP contribution in [0.3, 0.4) is 0 Å². The summed E-state index contributed by atoms with van der Waals surface area (Å²) < 4.78 is 17.2. The van der Waals surface area contributed by atoms with E-state index < -0.39 is 0 Å². The van der Waals surface area contributed by atoms with E-state index in [4.69, 9.17) is 14.2 Å². The molecule has 0 aliphatic rings. The van der Waals surface area contributed by atoms with Crippen LogP contribution in [0.15, 0.2) is 0 Å². The van der Waals surface area contributed by atoms with Crippen LogP contribution in [0.4, 0.5) is 0 Å². The minimum atomic E-state index is 0.696. The summed E-state index contributed by atoms with van der Waals surface area (Å²) in [6.07, 6.45) is 57.1. The van der Waals surface area contributed by atoms with Crippen LogP contribution in [-0.4, -0.2) is 39.6 Å². The Morgan fingerprint density at radius 1 is 0.157 bits per heavy atom. The van der Waals surface area contributed by atoms with Gasteiger partial charge in [-0.15, -0.1) is 0 Å². The average molecular weight is 723 g/mol. The smallest absolute Gasteiger partial charge is 0.0701 e. The van der Waals surface area contributed by atoms with Crippen LogP contribution in [0.1, 0.15) is 271 Å². The van der Waals surface area contributed by atoms with Crippen molar-refractivity contribution in [2.75, 3.05) is 39.6 Å². The number of rotatable bonds is 48. The largest absolute Gasteiger partial charge is 0.379 e. The van der Waals surface area contributed by atoms with Gasteiger partial charge in [-0.05, 0) is 12.8 Å². The van der Waals surface area contributed by atoms with E-state index in [-0.39, 0.29) is 0 Å². The quantitative estimate of drug-likeness (QED) is 0.0585. The topological polar surface area (TPSA) is 27.7 Å². The Morgan fingerprint density at radius 2 is 0.294 bits per heavy atom. The van der Waals surface area contributed by atoms with E-state index in [0.29, 0.717) is 13.2 Å². The van der Waals surface area contributed by atoms with E-state index in [9.17, 15) is 0 Å². The Kier molecular flexibility index (Phi) is 49.8. The summed E-state index contributed by atoms with van der Waals surface area (Å²) in [4.78, 5) is 0. The highest BCUT2D eigenvalue weighted by atomic mass is 16.5. The molecule has 0 fully saturated rings. The van der Waals surface area contributed by atoms with Crippen molar-refractivity contribution >= 4 is 0 Å². The highest BCUT2D eigenvalue weighted by Gasteiger charge is 1.98. The van der Waals surface area contributed by atoms with Crippen molar-refractivity contribution < 1.29 is 14.2 Å². The Bertz CT molecular complexity index is 519. The van der Waals surface area contributed by atoms with Crippen LogP contribution in [0.5, 0.6) is 0 Å². The van der Waals surface area contributed by atoms with E-state index in [1.807, 2.05) is 0 Å². The van der Waals surface area contributed by atoms with Gasteiger partial charge >= 0.3 is 0 Å². The fourth-order valence-corrected chi connectivity index (χ4v) is 7.46. The van der Waals surface area contributed by atoms with Crippen LogP contribution in [0.25, 0.3) is 0 Å². The molecule has 3 heteroatoms. The summed E-state index contributed by atoms with van der Waals surface area (Å²) in [5.41, 5.74) is 0. The first-order valence-electron chi connectivity index (χ1n) is 24.1. The van der Waals surface area contributed by atoms with Crippen LogP contribution in [0.2, 0.25) is 0 Å². The summed E-state index contributed by atoms with van der Waals surface area (Å²) in [6.45, 7) is 9.22. The van der Waals surface area contributed by atoms with Gasteiger partial charge in [0, 0.05) is 13.2 Å². The van der Waals surface area contributed by atoms with Crippen LogP contribution >= 0.6 is 0 Å². The third kappa shape index (κ3) is 49.9. The molecule has 0 bridgehead atoms. The van der Waals surface area contributed by atoms with Crippen LogP contribution in [0, 0.1) is 0 Å². The maximum Gasteiger partial charge on any atom is 0.0701 e. The fourth-order valence-electron chi connectivity index (χ4n) is 7.46. The summed E-state index contributed by atoms with van der Waals surface area (Å²) >= 11 is 0. The van der Waals surface area contributed by atoms with Crippen molar-refractivity contribution in [2.24, 2.45) is 0 Å². The summed E-state index contributed by atoms with van der Waals surface area (Å²) in [7, 11) is 0. The van der Waals surface area contributed by atoms with Gasteiger partial charge in [-0.3, -0.25) is 0 Å². The molecule has 0 aromatic carbocycles. The molecule has 0 unspecified atom stereocenters. The lowest BCUT2D eigenvalue weighted by atomic mass is 10.0. The first-order chi connectivity index (χ1) is 25.4. The van der Waals surface area contributed by atoms with E-state index in [2.05, 4.69) is 13.8 Å². The predicted molar refractivity (Wildman–Crippen MR) is 228 cm³/mol. The van der Waals surface area contributed by atoms with Gasteiger partial charge in [0.2, 0.25) is 0 Å². The zero-order chi connectivity index (χ0) is 36.6. The first kappa shape index (κ1) is 50.9. The van der Waals surface area contributed by atoms with Gasteiger partial charge in [0.1, 0.15) is 0 Å². The summed E-state index contributed by atoms with van der Waals surface area (Å²) in [5, 5.41) is 0. The Morgan fingerprint density at radius 3 is 0.471 bits per heavy atom. The van der Waals surface area contributed by atoms with Crippen molar-refractivity contribution in [3.05, 3.63) is 0 Å². The molecule has 0 N–H and O–H groups in total. The third-order valence-corrected chi connectivity index (χ3v) is 11.0. The Balaban J connectivity index is 3.04. The molecule has 0 aromatic rings. The zero-order valence-corrected chi connectivity index (χ0v) is 35.8. The molecule has 0 aliphatic carbocycles. The second-order valence-electron chi connectivity index (χ2n) is 16.3. The highest BCUT2D eigenvalue weighted by Crippen LogP contribution is 2.16. The van der Waals surface area contributed by atoms with Gasteiger partial charge < -0.3 is 14.2 Å². The van der Waals surface area contributed by atoms with Gasteiger partial charge in [-0.25, -0.2) is 0 Å². The van der Waals surface area contributed by atoms with Crippen molar-refractivity contribution in [1.82, 2.24) is 0 Å². The van der Waals surface area contributed by atoms with Crippen LogP contribution in [-0.2, 0) is 14.2 Å². The Labute approximate surface area is 323 Å². The molecule has 308 valence electrons. The first-order valence-corrected chi connectivity index (χ1v) is 24.1. The van der Waals surface area contributed by atoms with Gasteiger partial charge in [0.05, 0.1) is 26.4 Å². The van der Waals surface area contributed by atoms with E-state index in [1.165, 1.54) is 257 Å². The molecule has 0 atom stereocenters.